The smallest absolute Gasteiger partial charge is 0.325 e. The summed E-state index contributed by atoms with van der Waals surface area (Å²) < 4.78 is 6.47. The molecule has 9 nitrogen and oxygen atoms in total. The van der Waals surface area contributed by atoms with Gasteiger partial charge in [0.2, 0.25) is 5.91 Å². The summed E-state index contributed by atoms with van der Waals surface area (Å²) in [5, 5.41) is 9.98. The van der Waals surface area contributed by atoms with E-state index in [1.165, 1.54) is 4.90 Å². The lowest BCUT2D eigenvalue weighted by atomic mass is 9.92. The summed E-state index contributed by atoms with van der Waals surface area (Å²) in [6, 6.07) is 10.8. The summed E-state index contributed by atoms with van der Waals surface area (Å²) >= 11 is 0. The number of hydrogen-bond donors (Lipinski definition) is 2. The minimum atomic E-state index is -0.530. The lowest BCUT2D eigenvalue weighted by Crippen LogP contribution is -2.45. The molecule has 2 rings (SSSR count). The van der Waals surface area contributed by atoms with E-state index in [4.69, 9.17) is 4.74 Å². The van der Waals surface area contributed by atoms with Crippen LogP contribution in [0.3, 0.4) is 0 Å². The molecule has 2 aromatic rings. The molecule has 1 heterocycles. The Labute approximate surface area is 182 Å². The molecule has 0 spiro atoms. The first-order valence-electron chi connectivity index (χ1n) is 10.3. The molecule has 168 valence electrons. The Balaban J connectivity index is 2.12. The van der Waals surface area contributed by atoms with Crippen LogP contribution in [0.1, 0.15) is 40.3 Å². The summed E-state index contributed by atoms with van der Waals surface area (Å²) in [6.07, 6.45) is 0. The van der Waals surface area contributed by atoms with Gasteiger partial charge in [-0.1, -0.05) is 39.0 Å². The number of esters is 1. The number of aromatic nitrogens is 2. The number of anilines is 1. The van der Waals surface area contributed by atoms with Crippen molar-refractivity contribution in [3.8, 4) is 5.69 Å². The van der Waals surface area contributed by atoms with E-state index < -0.39 is 12.0 Å². The van der Waals surface area contributed by atoms with E-state index in [-0.39, 0.29) is 31.0 Å². The van der Waals surface area contributed by atoms with Crippen molar-refractivity contribution in [1.82, 2.24) is 20.0 Å². The Morgan fingerprint density at radius 2 is 1.81 bits per heavy atom. The molecule has 3 amide bonds. The van der Waals surface area contributed by atoms with Crippen molar-refractivity contribution in [3.63, 3.8) is 0 Å². The van der Waals surface area contributed by atoms with Gasteiger partial charge in [-0.25, -0.2) is 9.48 Å². The molecule has 0 aliphatic heterocycles. The second kappa shape index (κ2) is 10.6. The van der Waals surface area contributed by atoms with Crippen molar-refractivity contribution < 1.29 is 19.1 Å². The number of benzene rings is 1. The van der Waals surface area contributed by atoms with Crippen molar-refractivity contribution in [2.45, 2.75) is 40.0 Å². The number of urea groups is 1. The molecule has 0 saturated heterocycles. The highest BCUT2D eigenvalue weighted by molar-refractivity contribution is 5.94. The van der Waals surface area contributed by atoms with Crippen molar-refractivity contribution in [2.75, 3.05) is 31.6 Å². The van der Waals surface area contributed by atoms with Crippen LogP contribution in [0, 0.1) is 0 Å². The third kappa shape index (κ3) is 6.84. The Morgan fingerprint density at radius 3 is 2.39 bits per heavy atom. The molecule has 2 N–H and O–H groups in total. The molecule has 0 aliphatic carbocycles. The SMILES string of the molecule is CCOC(=O)CNC(=O)N(CC)CC(=O)Nc1cc(C(C)(C)C)nn1-c1ccccc1. The third-order valence-corrected chi connectivity index (χ3v) is 4.44. The lowest BCUT2D eigenvalue weighted by Gasteiger charge is -2.20. The van der Waals surface area contributed by atoms with Gasteiger partial charge in [-0.2, -0.15) is 5.10 Å². The van der Waals surface area contributed by atoms with Crippen molar-refractivity contribution in [2.24, 2.45) is 0 Å². The predicted molar refractivity (Wildman–Crippen MR) is 118 cm³/mol. The molecule has 0 saturated carbocycles. The van der Waals surface area contributed by atoms with Gasteiger partial charge in [0, 0.05) is 18.0 Å². The van der Waals surface area contributed by atoms with Crippen LogP contribution >= 0.6 is 0 Å². The fourth-order valence-electron chi connectivity index (χ4n) is 2.76. The normalized spacial score (nSPS) is 11.0. The van der Waals surface area contributed by atoms with Gasteiger partial charge in [-0.05, 0) is 26.0 Å². The molecule has 0 atom stereocenters. The number of likely N-dealkylation sites (N-methyl/N-ethyl adjacent to an activating group) is 1. The largest absolute Gasteiger partial charge is 0.465 e. The van der Waals surface area contributed by atoms with Crippen LogP contribution in [0.2, 0.25) is 0 Å². The van der Waals surface area contributed by atoms with E-state index in [1.54, 1.807) is 18.5 Å². The third-order valence-electron chi connectivity index (χ3n) is 4.44. The molecular formula is C22H31N5O4. The molecule has 31 heavy (non-hydrogen) atoms. The van der Waals surface area contributed by atoms with E-state index in [2.05, 4.69) is 15.7 Å². The highest BCUT2D eigenvalue weighted by Crippen LogP contribution is 2.26. The number of nitrogens with one attached hydrogen (secondary N) is 2. The fourth-order valence-corrected chi connectivity index (χ4v) is 2.76. The number of nitrogens with zero attached hydrogens (tertiary/aromatic N) is 3. The van der Waals surface area contributed by atoms with Crippen molar-refractivity contribution in [3.05, 3.63) is 42.1 Å². The van der Waals surface area contributed by atoms with Gasteiger partial charge in [0.05, 0.1) is 18.0 Å². The van der Waals surface area contributed by atoms with Crippen LogP contribution in [-0.4, -0.2) is 58.8 Å². The second-order valence-corrected chi connectivity index (χ2v) is 7.94. The fraction of sp³-hybridized carbons (Fsp3) is 0.455. The standard InChI is InChI=1S/C22H31N5O4/c1-6-26(21(30)23-14-20(29)31-7-2)15-19(28)24-18-13-17(22(3,4)5)25-27(18)16-11-9-8-10-12-16/h8-13H,6-7,14-15H2,1-5H3,(H,23,30)(H,24,28). The minimum absolute atomic E-state index is 0.171. The Bertz CT molecular complexity index is 902. The van der Waals surface area contributed by atoms with Gasteiger partial charge in [0.25, 0.3) is 0 Å². The van der Waals surface area contributed by atoms with Crippen LogP contribution in [0.4, 0.5) is 10.6 Å². The summed E-state index contributed by atoms with van der Waals surface area (Å²) in [4.78, 5) is 37.7. The number of hydrogen-bond acceptors (Lipinski definition) is 5. The van der Waals surface area contributed by atoms with E-state index in [9.17, 15) is 14.4 Å². The first-order valence-corrected chi connectivity index (χ1v) is 10.3. The van der Waals surface area contributed by atoms with E-state index >= 15 is 0 Å². The quantitative estimate of drug-likeness (QED) is 0.628. The summed E-state index contributed by atoms with van der Waals surface area (Å²) in [5.41, 5.74) is 1.43. The number of carbonyl (C=O) groups excluding carboxylic acids is 3. The minimum Gasteiger partial charge on any atom is -0.465 e. The van der Waals surface area contributed by atoms with E-state index in [1.807, 2.05) is 57.2 Å². The summed E-state index contributed by atoms with van der Waals surface area (Å²) in [7, 11) is 0. The van der Waals surface area contributed by atoms with Gasteiger partial charge in [0.1, 0.15) is 18.9 Å². The van der Waals surface area contributed by atoms with E-state index in [0.29, 0.717) is 12.4 Å². The molecule has 0 fully saturated rings. The summed E-state index contributed by atoms with van der Waals surface area (Å²) in [6.45, 7) is 9.69. The number of para-hydroxylation sites is 1. The highest BCUT2D eigenvalue weighted by Gasteiger charge is 2.23. The van der Waals surface area contributed by atoms with Crippen molar-refractivity contribution >= 4 is 23.7 Å². The molecule has 0 bridgehead atoms. The summed E-state index contributed by atoms with van der Waals surface area (Å²) in [5.74, 6) is -0.382. The Morgan fingerprint density at radius 1 is 1.13 bits per heavy atom. The molecule has 0 aliphatic rings. The molecule has 1 aromatic heterocycles. The van der Waals surface area contributed by atoms with Gasteiger partial charge >= 0.3 is 12.0 Å². The van der Waals surface area contributed by atoms with E-state index in [0.717, 1.165) is 11.4 Å². The maximum absolute atomic E-state index is 12.7. The van der Waals surface area contributed by atoms with Crippen LogP contribution in [0.15, 0.2) is 36.4 Å². The first kappa shape index (κ1) is 23.9. The topological polar surface area (TPSA) is 106 Å². The lowest BCUT2D eigenvalue weighted by molar-refractivity contribution is -0.141. The van der Waals surface area contributed by atoms with Gasteiger partial charge in [-0.3, -0.25) is 9.59 Å². The molecule has 9 heteroatoms. The van der Waals surface area contributed by atoms with Crippen molar-refractivity contribution in [1.29, 1.82) is 0 Å². The second-order valence-electron chi connectivity index (χ2n) is 7.94. The molecular weight excluding hydrogens is 398 g/mol. The Hall–Kier alpha value is -3.36. The Kier molecular flexibility index (Phi) is 8.18. The number of rotatable bonds is 8. The van der Waals surface area contributed by atoms with Crippen LogP contribution in [0.5, 0.6) is 0 Å². The van der Waals surface area contributed by atoms with Crippen LogP contribution in [-0.2, 0) is 19.7 Å². The first-order chi connectivity index (χ1) is 14.7. The zero-order valence-electron chi connectivity index (χ0n) is 18.8. The zero-order chi connectivity index (χ0) is 23.0. The highest BCUT2D eigenvalue weighted by atomic mass is 16.5. The number of ether oxygens (including phenoxy) is 1. The molecule has 1 aromatic carbocycles. The molecule has 0 unspecified atom stereocenters. The van der Waals surface area contributed by atoms with Gasteiger partial charge in [-0.15, -0.1) is 0 Å². The predicted octanol–water partition coefficient (Wildman–Crippen LogP) is 2.70. The zero-order valence-corrected chi connectivity index (χ0v) is 18.8. The maximum Gasteiger partial charge on any atom is 0.325 e. The van der Waals surface area contributed by atoms with Crippen LogP contribution in [0.25, 0.3) is 5.69 Å². The number of carbonyl (C=O) groups is 3. The average Bonchev–Trinajstić information content (AvgIpc) is 3.15. The van der Waals surface area contributed by atoms with Gasteiger partial charge < -0.3 is 20.3 Å². The van der Waals surface area contributed by atoms with Gasteiger partial charge in [0.15, 0.2) is 0 Å². The number of amides is 3. The molecule has 0 radical (unpaired) electrons. The van der Waals surface area contributed by atoms with Crippen LogP contribution < -0.4 is 10.6 Å². The maximum atomic E-state index is 12.7. The average molecular weight is 430 g/mol. The monoisotopic (exact) mass is 429 g/mol.